The summed E-state index contributed by atoms with van der Waals surface area (Å²) >= 11 is 5.91. The SMILES string of the molecule is NCCCN(Cc1ccccc1)C(=O)c1cc(Cl)cc([N+](=O)[O-])c1. The number of rotatable bonds is 7. The Morgan fingerprint density at radius 2 is 1.92 bits per heavy atom. The van der Waals surface area contributed by atoms with Gasteiger partial charge in [0.15, 0.2) is 0 Å². The van der Waals surface area contributed by atoms with Gasteiger partial charge in [-0.15, -0.1) is 0 Å². The molecule has 0 aliphatic heterocycles. The molecule has 2 rings (SSSR count). The van der Waals surface area contributed by atoms with Crippen LogP contribution in [0.2, 0.25) is 5.02 Å². The average Bonchev–Trinajstić information content (AvgIpc) is 2.58. The smallest absolute Gasteiger partial charge is 0.271 e. The van der Waals surface area contributed by atoms with Gasteiger partial charge in [0.1, 0.15) is 0 Å². The Kier molecular flexibility index (Phi) is 6.28. The van der Waals surface area contributed by atoms with E-state index in [1.807, 2.05) is 30.3 Å². The molecule has 0 heterocycles. The van der Waals surface area contributed by atoms with Gasteiger partial charge in [-0.25, -0.2) is 0 Å². The quantitative estimate of drug-likeness (QED) is 0.615. The van der Waals surface area contributed by atoms with E-state index in [1.54, 1.807) is 4.90 Å². The first-order valence-electron chi connectivity index (χ1n) is 7.49. The fourth-order valence-corrected chi connectivity index (χ4v) is 2.55. The summed E-state index contributed by atoms with van der Waals surface area (Å²) in [5, 5.41) is 11.1. The molecule has 0 unspecified atom stereocenters. The zero-order valence-corrected chi connectivity index (χ0v) is 13.8. The summed E-state index contributed by atoms with van der Waals surface area (Å²) in [6.45, 7) is 1.32. The predicted molar refractivity (Wildman–Crippen MR) is 93.0 cm³/mol. The van der Waals surface area contributed by atoms with Crippen molar-refractivity contribution in [1.29, 1.82) is 0 Å². The number of hydrogen-bond acceptors (Lipinski definition) is 4. The average molecular weight is 348 g/mol. The lowest BCUT2D eigenvalue weighted by Gasteiger charge is -2.23. The zero-order valence-electron chi connectivity index (χ0n) is 13.0. The van der Waals surface area contributed by atoms with Gasteiger partial charge in [0.2, 0.25) is 0 Å². The number of carbonyl (C=O) groups excluding carboxylic acids is 1. The summed E-state index contributed by atoms with van der Waals surface area (Å²) in [4.78, 5) is 24.8. The fourth-order valence-electron chi connectivity index (χ4n) is 2.32. The van der Waals surface area contributed by atoms with Crippen molar-refractivity contribution in [3.05, 3.63) is 74.8 Å². The minimum Gasteiger partial charge on any atom is -0.334 e. The molecule has 0 aliphatic carbocycles. The lowest BCUT2D eigenvalue weighted by Crippen LogP contribution is -2.32. The molecule has 126 valence electrons. The maximum absolute atomic E-state index is 12.8. The molecule has 7 heteroatoms. The Labute approximate surface area is 145 Å². The second kappa shape index (κ2) is 8.42. The van der Waals surface area contributed by atoms with Gasteiger partial charge in [-0.2, -0.15) is 0 Å². The van der Waals surface area contributed by atoms with Gasteiger partial charge in [-0.3, -0.25) is 14.9 Å². The maximum Gasteiger partial charge on any atom is 0.271 e. The number of benzene rings is 2. The molecular formula is C17H18ClN3O3. The maximum atomic E-state index is 12.8. The third kappa shape index (κ3) is 4.78. The van der Waals surface area contributed by atoms with Crippen LogP contribution in [0.4, 0.5) is 5.69 Å². The normalized spacial score (nSPS) is 10.4. The van der Waals surface area contributed by atoms with E-state index in [0.717, 1.165) is 5.56 Å². The molecule has 0 bridgehead atoms. The molecule has 0 saturated heterocycles. The van der Waals surface area contributed by atoms with E-state index >= 15 is 0 Å². The number of carbonyl (C=O) groups is 1. The van der Waals surface area contributed by atoms with E-state index in [1.165, 1.54) is 18.2 Å². The summed E-state index contributed by atoms with van der Waals surface area (Å²) in [6.07, 6.45) is 0.640. The largest absolute Gasteiger partial charge is 0.334 e. The third-order valence-corrected chi connectivity index (χ3v) is 3.69. The Hall–Kier alpha value is -2.44. The topological polar surface area (TPSA) is 89.5 Å². The summed E-state index contributed by atoms with van der Waals surface area (Å²) in [7, 11) is 0. The Bertz CT molecular complexity index is 722. The summed E-state index contributed by atoms with van der Waals surface area (Å²) in [5.41, 5.74) is 6.51. The molecule has 2 N–H and O–H groups in total. The number of non-ortho nitro benzene ring substituents is 1. The van der Waals surface area contributed by atoms with Gasteiger partial charge >= 0.3 is 0 Å². The van der Waals surface area contributed by atoms with Crippen molar-refractivity contribution in [2.24, 2.45) is 5.73 Å². The number of nitro benzene ring substituents is 1. The van der Waals surface area contributed by atoms with Crippen LogP contribution in [0.3, 0.4) is 0 Å². The number of hydrogen-bond donors (Lipinski definition) is 1. The Morgan fingerprint density at radius 1 is 1.21 bits per heavy atom. The molecular weight excluding hydrogens is 330 g/mol. The van der Waals surface area contributed by atoms with Crippen molar-refractivity contribution in [3.8, 4) is 0 Å². The second-order valence-electron chi connectivity index (χ2n) is 5.31. The number of nitrogens with zero attached hydrogens (tertiary/aromatic N) is 2. The molecule has 0 fully saturated rings. The summed E-state index contributed by atoms with van der Waals surface area (Å²) in [5.74, 6) is -0.307. The van der Waals surface area contributed by atoms with E-state index in [0.29, 0.717) is 26.1 Å². The van der Waals surface area contributed by atoms with Crippen LogP contribution in [-0.4, -0.2) is 28.8 Å². The van der Waals surface area contributed by atoms with E-state index in [9.17, 15) is 14.9 Å². The van der Waals surface area contributed by atoms with Crippen molar-refractivity contribution < 1.29 is 9.72 Å². The minimum atomic E-state index is -0.565. The third-order valence-electron chi connectivity index (χ3n) is 3.48. The van der Waals surface area contributed by atoms with Crippen molar-refractivity contribution in [2.75, 3.05) is 13.1 Å². The monoisotopic (exact) mass is 347 g/mol. The highest BCUT2D eigenvalue weighted by molar-refractivity contribution is 6.31. The predicted octanol–water partition coefficient (Wildman–Crippen LogP) is 3.24. The number of halogens is 1. The molecule has 1 amide bonds. The molecule has 0 radical (unpaired) electrons. The standard InChI is InChI=1S/C17H18ClN3O3/c18-15-9-14(10-16(11-15)21(23)24)17(22)20(8-4-7-19)12-13-5-2-1-3-6-13/h1-3,5-6,9-11H,4,7-8,12,19H2. The van der Waals surface area contributed by atoms with Gasteiger partial charge in [0.05, 0.1) is 4.92 Å². The molecule has 0 aromatic heterocycles. The van der Waals surface area contributed by atoms with E-state index in [-0.39, 0.29) is 22.2 Å². The van der Waals surface area contributed by atoms with Crippen molar-refractivity contribution in [3.63, 3.8) is 0 Å². The number of nitro groups is 1. The molecule has 0 aliphatic rings. The van der Waals surface area contributed by atoms with Crippen molar-refractivity contribution in [1.82, 2.24) is 4.90 Å². The lowest BCUT2D eigenvalue weighted by molar-refractivity contribution is -0.384. The van der Waals surface area contributed by atoms with Crippen molar-refractivity contribution in [2.45, 2.75) is 13.0 Å². The first kappa shape index (κ1) is 17.9. The lowest BCUT2D eigenvalue weighted by atomic mass is 10.1. The van der Waals surface area contributed by atoms with Crippen LogP contribution in [0.15, 0.2) is 48.5 Å². The van der Waals surface area contributed by atoms with Crippen LogP contribution in [0.5, 0.6) is 0 Å². The first-order chi connectivity index (χ1) is 11.5. The van der Waals surface area contributed by atoms with Gasteiger partial charge in [-0.05, 0) is 24.6 Å². The first-order valence-corrected chi connectivity index (χ1v) is 7.87. The summed E-state index contributed by atoms with van der Waals surface area (Å²) < 4.78 is 0. The number of nitrogens with two attached hydrogens (primary N) is 1. The van der Waals surface area contributed by atoms with E-state index < -0.39 is 4.92 Å². The van der Waals surface area contributed by atoms with Crippen LogP contribution in [0.1, 0.15) is 22.3 Å². The summed E-state index contributed by atoms with van der Waals surface area (Å²) in [6, 6.07) is 13.4. The molecule has 6 nitrogen and oxygen atoms in total. The Balaban J connectivity index is 2.28. The van der Waals surface area contributed by atoms with Gasteiger partial charge in [-0.1, -0.05) is 41.9 Å². The van der Waals surface area contributed by atoms with Crippen LogP contribution < -0.4 is 5.73 Å². The fraction of sp³-hybridized carbons (Fsp3) is 0.235. The zero-order chi connectivity index (χ0) is 17.5. The highest BCUT2D eigenvalue weighted by Crippen LogP contribution is 2.22. The van der Waals surface area contributed by atoms with E-state index in [4.69, 9.17) is 17.3 Å². The molecule has 2 aromatic carbocycles. The minimum absolute atomic E-state index is 0.158. The molecule has 2 aromatic rings. The molecule has 0 spiro atoms. The van der Waals surface area contributed by atoms with Crippen LogP contribution in [0, 0.1) is 10.1 Å². The van der Waals surface area contributed by atoms with Gasteiger partial charge in [0, 0.05) is 35.8 Å². The molecule has 0 saturated carbocycles. The Morgan fingerprint density at radius 3 is 2.54 bits per heavy atom. The van der Waals surface area contributed by atoms with Crippen molar-refractivity contribution >= 4 is 23.2 Å². The van der Waals surface area contributed by atoms with Crippen LogP contribution >= 0.6 is 11.6 Å². The molecule has 0 atom stereocenters. The molecule has 24 heavy (non-hydrogen) atoms. The second-order valence-corrected chi connectivity index (χ2v) is 5.75. The highest BCUT2D eigenvalue weighted by atomic mass is 35.5. The van der Waals surface area contributed by atoms with Crippen LogP contribution in [0.25, 0.3) is 0 Å². The van der Waals surface area contributed by atoms with E-state index in [2.05, 4.69) is 0 Å². The van der Waals surface area contributed by atoms with Crippen LogP contribution in [-0.2, 0) is 6.54 Å². The number of amides is 1. The van der Waals surface area contributed by atoms with Gasteiger partial charge < -0.3 is 10.6 Å². The highest BCUT2D eigenvalue weighted by Gasteiger charge is 2.19. The van der Waals surface area contributed by atoms with Gasteiger partial charge in [0.25, 0.3) is 11.6 Å².